The molecule has 0 amide bonds. The zero-order valence-corrected chi connectivity index (χ0v) is 18.4. The van der Waals surface area contributed by atoms with E-state index >= 15 is 0 Å². The summed E-state index contributed by atoms with van der Waals surface area (Å²) in [6.07, 6.45) is 2.93. The van der Waals surface area contributed by atoms with Crippen LogP contribution in [0.15, 0.2) is 48.8 Å². The Balaban J connectivity index is 1.53. The van der Waals surface area contributed by atoms with E-state index in [1.165, 1.54) is 6.33 Å². The van der Waals surface area contributed by atoms with Gasteiger partial charge in [0.05, 0.1) is 16.8 Å². The van der Waals surface area contributed by atoms with Crippen molar-refractivity contribution in [1.29, 1.82) is 0 Å². The third kappa shape index (κ3) is 4.55. The first-order valence-corrected chi connectivity index (χ1v) is 10.8. The number of fused-ring (bicyclic) bond motifs is 1. The maximum absolute atomic E-state index is 14.3. The molecule has 0 atom stereocenters. The summed E-state index contributed by atoms with van der Waals surface area (Å²) in [6, 6.07) is 10.9. The summed E-state index contributed by atoms with van der Waals surface area (Å²) < 4.78 is 30.1. The Morgan fingerprint density at radius 2 is 1.88 bits per heavy atom. The lowest BCUT2D eigenvalue weighted by molar-refractivity contribution is 0.0695. The molecule has 2 N–H and O–H groups in total. The van der Waals surface area contributed by atoms with Gasteiger partial charge in [-0.25, -0.2) is 23.5 Å². The number of hydrogen-bond acceptors (Lipinski definition) is 4. The molecule has 4 aromatic rings. The van der Waals surface area contributed by atoms with Crippen molar-refractivity contribution in [3.05, 3.63) is 77.2 Å². The Labute approximate surface area is 189 Å². The van der Waals surface area contributed by atoms with Crippen LogP contribution >= 0.6 is 0 Å². The third-order valence-corrected chi connectivity index (χ3v) is 5.62. The number of aromatic nitrogens is 3. The monoisotopic (exact) mass is 450 g/mol. The largest absolute Gasteiger partial charge is 0.478 e. The number of hydrogen-bond donors (Lipinski definition) is 2. The summed E-state index contributed by atoms with van der Waals surface area (Å²) in [5.41, 5.74) is 3.54. The number of nitrogens with one attached hydrogen (secondary N) is 1. The molecule has 0 saturated heterocycles. The standard InChI is InChI=1S/C25H24F2N4O2/c1-3-4-16-12-17(5-6-18(16)25(32)33)22-13-23(30-14-29-22)28-9-10-31-15(2)11-19-20(26)7-8-21(27)24(19)31/h5-8,11-14H,3-4,9-10H2,1-2H3,(H,32,33)(H,28,29,30). The van der Waals surface area contributed by atoms with Crippen LogP contribution in [-0.2, 0) is 13.0 Å². The minimum absolute atomic E-state index is 0.250. The van der Waals surface area contributed by atoms with Gasteiger partial charge in [0.25, 0.3) is 0 Å². The number of aromatic carboxylic acids is 1. The molecular weight excluding hydrogens is 426 g/mol. The Morgan fingerprint density at radius 3 is 2.64 bits per heavy atom. The van der Waals surface area contributed by atoms with Crippen LogP contribution in [0.1, 0.15) is 35.0 Å². The van der Waals surface area contributed by atoms with Gasteiger partial charge in [0.15, 0.2) is 0 Å². The summed E-state index contributed by atoms with van der Waals surface area (Å²) in [6.45, 7) is 4.68. The van der Waals surface area contributed by atoms with Gasteiger partial charge >= 0.3 is 5.97 Å². The predicted octanol–water partition coefficient (Wildman–Crippen LogP) is 5.45. The van der Waals surface area contributed by atoms with Crippen molar-refractivity contribution in [3.8, 4) is 11.3 Å². The molecule has 4 rings (SSSR count). The lowest BCUT2D eigenvalue weighted by atomic mass is 9.99. The number of halogens is 2. The second-order valence-electron chi connectivity index (χ2n) is 7.87. The number of rotatable bonds is 8. The number of anilines is 1. The minimum Gasteiger partial charge on any atom is -0.478 e. The zero-order chi connectivity index (χ0) is 23.5. The molecule has 8 heteroatoms. The van der Waals surface area contributed by atoms with Crippen molar-refractivity contribution in [3.63, 3.8) is 0 Å². The highest BCUT2D eigenvalue weighted by Crippen LogP contribution is 2.26. The predicted molar refractivity (Wildman–Crippen MR) is 124 cm³/mol. The maximum Gasteiger partial charge on any atom is 0.335 e. The smallest absolute Gasteiger partial charge is 0.335 e. The first kappa shape index (κ1) is 22.4. The van der Waals surface area contributed by atoms with Gasteiger partial charge in [0.2, 0.25) is 0 Å². The molecule has 0 bridgehead atoms. The molecule has 6 nitrogen and oxygen atoms in total. The van der Waals surface area contributed by atoms with Crippen LogP contribution in [0.5, 0.6) is 0 Å². The molecule has 0 spiro atoms. The fourth-order valence-electron chi connectivity index (χ4n) is 4.07. The Kier molecular flexibility index (Phi) is 6.35. The van der Waals surface area contributed by atoms with Crippen molar-refractivity contribution in [2.75, 3.05) is 11.9 Å². The Morgan fingerprint density at radius 1 is 1.09 bits per heavy atom. The number of benzene rings is 2. The highest BCUT2D eigenvalue weighted by Gasteiger charge is 2.14. The molecule has 2 heterocycles. The van der Waals surface area contributed by atoms with Crippen LogP contribution in [0.25, 0.3) is 22.2 Å². The average molecular weight is 450 g/mol. The molecule has 0 aliphatic carbocycles. The number of carboxylic acid groups (broad SMARTS) is 1. The number of aryl methyl sites for hydroxylation is 2. The van der Waals surface area contributed by atoms with Crippen LogP contribution < -0.4 is 5.32 Å². The van der Waals surface area contributed by atoms with Gasteiger partial charge in [0, 0.05) is 35.8 Å². The van der Waals surface area contributed by atoms with E-state index in [0.717, 1.165) is 35.4 Å². The van der Waals surface area contributed by atoms with Gasteiger partial charge in [-0.05, 0) is 49.2 Å². The fourth-order valence-corrected chi connectivity index (χ4v) is 4.07. The van der Waals surface area contributed by atoms with Crippen LogP contribution in [0.3, 0.4) is 0 Å². The number of carboxylic acids is 1. The molecule has 0 fully saturated rings. The average Bonchev–Trinajstić information content (AvgIpc) is 3.14. The summed E-state index contributed by atoms with van der Waals surface area (Å²) in [5.74, 6) is -1.27. The summed E-state index contributed by atoms with van der Waals surface area (Å²) >= 11 is 0. The van der Waals surface area contributed by atoms with Crippen molar-refractivity contribution in [1.82, 2.24) is 14.5 Å². The second-order valence-corrected chi connectivity index (χ2v) is 7.87. The molecule has 2 aromatic carbocycles. The lowest BCUT2D eigenvalue weighted by Crippen LogP contribution is -2.13. The van der Waals surface area contributed by atoms with Crippen molar-refractivity contribution in [2.24, 2.45) is 0 Å². The third-order valence-electron chi connectivity index (χ3n) is 5.62. The van der Waals surface area contributed by atoms with Crippen LogP contribution in [0.2, 0.25) is 0 Å². The molecule has 0 unspecified atom stereocenters. The van der Waals surface area contributed by atoms with Gasteiger partial charge in [-0.1, -0.05) is 19.4 Å². The van der Waals surface area contributed by atoms with Crippen molar-refractivity contribution < 1.29 is 18.7 Å². The Hall–Kier alpha value is -3.81. The number of nitrogens with zero attached hydrogens (tertiary/aromatic N) is 3. The van der Waals surface area contributed by atoms with E-state index in [-0.39, 0.29) is 10.9 Å². The number of carbonyl (C=O) groups is 1. The highest BCUT2D eigenvalue weighted by molar-refractivity contribution is 5.90. The lowest BCUT2D eigenvalue weighted by Gasteiger charge is -2.12. The zero-order valence-electron chi connectivity index (χ0n) is 18.4. The Bertz CT molecular complexity index is 1330. The van der Waals surface area contributed by atoms with Gasteiger partial charge in [0.1, 0.15) is 23.8 Å². The molecule has 0 aliphatic rings. The molecule has 170 valence electrons. The molecule has 33 heavy (non-hydrogen) atoms. The van der Waals surface area contributed by atoms with Crippen molar-refractivity contribution in [2.45, 2.75) is 33.2 Å². The van der Waals surface area contributed by atoms with Crippen molar-refractivity contribution >= 4 is 22.7 Å². The minimum atomic E-state index is -0.945. The summed E-state index contributed by atoms with van der Waals surface area (Å²) in [7, 11) is 0. The quantitative estimate of drug-likeness (QED) is 0.373. The van der Waals surface area contributed by atoms with E-state index in [2.05, 4.69) is 15.3 Å². The van der Waals surface area contributed by atoms with Crippen LogP contribution in [-0.4, -0.2) is 32.2 Å². The molecule has 0 saturated carbocycles. The highest BCUT2D eigenvalue weighted by atomic mass is 19.1. The van der Waals surface area contributed by atoms with Gasteiger partial charge in [-0.15, -0.1) is 0 Å². The first-order valence-electron chi connectivity index (χ1n) is 10.8. The van der Waals surface area contributed by atoms with Gasteiger partial charge in [-0.3, -0.25) is 0 Å². The molecular formula is C25H24F2N4O2. The second kappa shape index (κ2) is 9.36. The maximum atomic E-state index is 14.3. The van der Waals surface area contributed by atoms with Crippen LogP contribution in [0, 0.1) is 18.6 Å². The van der Waals surface area contributed by atoms with E-state index in [1.807, 2.05) is 19.9 Å². The van der Waals surface area contributed by atoms with Crippen LogP contribution in [0.4, 0.5) is 14.6 Å². The first-order chi connectivity index (χ1) is 15.9. The molecule has 2 aromatic heterocycles. The van der Waals surface area contributed by atoms with Gasteiger partial charge < -0.3 is 15.0 Å². The SMILES string of the molecule is CCCc1cc(-c2cc(NCCn3c(C)cc4c(F)ccc(F)c43)ncn2)ccc1C(=O)O. The van der Waals surface area contributed by atoms with Gasteiger partial charge in [-0.2, -0.15) is 0 Å². The van der Waals surface area contributed by atoms with E-state index < -0.39 is 17.6 Å². The summed E-state index contributed by atoms with van der Waals surface area (Å²) in [4.78, 5) is 20.0. The topological polar surface area (TPSA) is 80.0 Å². The van der Waals surface area contributed by atoms with E-state index in [4.69, 9.17) is 0 Å². The van der Waals surface area contributed by atoms with E-state index in [1.54, 1.807) is 28.8 Å². The van der Waals surface area contributed by atoms with E-state index in [9.17, 15) is 18.7 Å². The van der Waals surface area contributed by atoms with E-state index in [0.29, 0.717) is 36.6 Å². The molecule has 0 radical (unpaired) electrons. The normalized spacial score (nSPS) is 11.2. The fraction of sp³-hybridized carbons (Fsp3) is 0.240. The summed E-state index contributed by atoms with van der Waals surface area (Å²) in [5, 5.41) is 12.9. The molecule has 0 aliphatic heterocycles.